The van der Waals surface area contributed by atoms with E-state index >= 15 is 0 Å². The van der Waals surface area contributed by atoms with Crippen molar-refractivity contribution in [1.82, 2.24) is 5.32 Å². The first-order valence-electron chi connectivity index (χ1n) is 9.02. The first-order chi connectivity index (χ1) is 12.5. The van der Waals surface area contributed by atoms with Gasteiger partial charge in [0.2, 0.25) is 0 Å². The molecule has 0 saturated carbocycles. The number of rotatable bonds is 4. The molecule has 1 heterocycles. The van der Waals surface area contributed by atoms with Crippen LogP contribution in [0.4, 0.5) is 10.5 Å². The maximum atomic E-state index is 12.1. The molecule has 1 aliphatic heterocycles. The Kier molecular flexibility index (Phi) is 6.20. The largest absolute Gasteiger partial charge is 0.445 e. The molecule has 2 aromatic rings. The molecule has 0 aromatic heterocycles. The van der Waals surface area contributed by atoms with Gasteiger partial charge in [0.15, 0.2) is 0 Å². The molecular weight excluding hydrogens is 392 g/mol. The van der Waals surface area contributed by atoms with E-state index < -0.39 is 0 Å². The standard InChI is InChI=1S/C21H25BrN2O2/c1-15-11-18(22)12-16(2)20(15)24-10-6-9-19(13-24)23-21(25)26-14-17-7-4-3-5-8-17/h3-5,7-8,11-12,19H,6,9-10,13-14H2,1-2H3,(H,23,25). The summed E-state index contributed by atoms with van der Waals surface area (Å²) in [6.07, 6.45) is 1.69. The molecule has 1 saturated heterocycles. The quantitative estimate of drug-likeness (QED) is 0.765. The number of carbonyl (C=O) groups excluding carboxylic acids is 1. The number of hydrogen-bond acceptors (Lipinski definition) is 3. The molecule has 5 heteroatoms. The number of benzene rings is 2. The van der Waals surface area contributed by atoms with Crippen LogP contribution in [-0.4, -0.2) is 25.2 Å². The lowest BCUT2D eigenvalue weighted by molar-refractivity contribution is 0.134. The average Bonchev–Trinajstić information content (AvgIpc) is 2.60. The SMILES string of the molecule is Cc1cc(Br)cc(C)c1N1CCCC(NC(=O)OCc2ccccc2)C1. The molecule has 0 spiro atoms. The predicted octanol–water partition coefficient (Wildman–Crippen LogP) is 4.96. The third kappa shape index (κ3) is 4.79. The van der Waals surface area contributed by atoms with Crippen LogP contribution in [0, 0.1) is 13.8 Å². The fourth-order valence-electron chi connectivity index (χ4n) is 3.63. The van der Waals surface area contributed by atoms with Crippen molar-refractivity contribution >= 4 is 27.7 Å². The van der Waals surface area contributed by atoms with Crippen LogP contribution in [0.3, 0.4) is 0 Å². The third-order valence-electron chi connectivity index (χ3n) is 4.73. The Balaban J connectivity index is 1.58. The lowest BCUT2D eigenvalue weighted by Crippen LogP contribution is -2.48. The van der Waals surface area contributed by atoms with Crippen LogP contribution in [0.2, 0.25) is 0 Å². The molecule has 4 nitrogen and oxygen atoms in total. The normalized spacial score (nSPS) is 17.0. The zero-order valence-electron chi connectivity index (χ0n) is 15.3. The maximum absolute atomic E-state index is 12.1. The minimum Gasteiger partial charge on any atom is -0.445 e. The molecule has 138 valence electrons. The van der Waals surface area contributed by atoms with Gasteiger partial charge in [0.25, 0.3) is 0 Å². The zero-order chi connectivity index (χ0) is 18.5. The summed E-state index contributed by atoms with van der Waals surface area (Å²) in [7, 11) is 0. The Morgan fingerprint density at radius 3 is 2.62 bits per heavy atom. The highest BCUT2D eigenvalue weighted by molar-refractivity contribution is 9.10. The molecule has 3 rings (SSSR count). The summed E-state index contributed by atoms with van der Waals surface area (Å²) >= 11 is 3.56. The van der Waals surface area contributed by atoms with Crippen molar-refractivity contribution in [2.45, 2.75) is 39.3 Å². The van der Waals surface area contributed by atoms with Crippen LogP contribution in [0.15, 0.2) is 46.9 Å². The topological polar surface area (TPSA) is 41.6 Å². The molecule has 1 unspecified atom stereocenters. The van der Waals surface area contributed by atoms with E-state index in [1.54, 1.807) is 0 Å². The van der Waals surface area contributed by atoms with E-state index in [9.17, 15) is 4.79 Å². The minimum atomic E-state index is -0.343. The number of nitrogens with one attached hydrogen (secondary N) is 1. The van der Waals surface area contributed by atoms with Crippen LogP contribution in [-0.2, 0) is 11.3 Å². The van der Waals surface area contributed by atoms with Crippen LogP contribution in [0.5, 0.6) is 0 Å². The number of piperidine rings is 1. The van der Waals surface area contributed by atoms with Crippen LogP contribution in [0.1, 0.15) is 29.5 Å². The Hall–Kier alpha value is -2.01. The molecule has 0 radical (unpaired) electrons. The van der Waals surface area contributed by atoms with Crippen LogP contribution < -0.4 is 10.2 Å². The second-order valence-corrected chi connectivity index (χ2v) is 7.80. The van der Waals surface area contributed by atoms with Crippen molar-refractivity contribution in [1.29, 1.82) is 0 Å². The number of nitrogens with zero attached hydrogens (tertiary/aromatic N) is 1. The number of carbonyl (C=O) groups is 1. The summed E-state index contributed by atoms with van der Waals surface area (Å²) in [5.74, 6) is 0. The van der Waals surface area contributed by atoms with Gasteiger partial charge in [0.05, 0.1) is 0 Å². The van der Waals surface area contributed by atoms with E-state index in [0.717, 1.165) is 36.0 Å². The number of aryl methyl sites for hydroxylation is 2. The highest BCUT2D eigenvalue weighted by Gasteiger charge is 2.24. The van der Waals surface area contributed by atoms with Crippen LogP contribution in [0.25, 0.3) is 0 Å². The molecule has 1 N–H and O–H groups in total. The number of ether oxygens (including phenoxy) is 1. The van der Waals surface area contributed by atoms with Gasteiger partial charge in [-0.05, 0) is 55.5 Å². The van der Waals surface area contributed by atoms with E-state index in [0.29, 0.717) is 6.61 Å². The lowest BCUT2D eigenvalue weighted by Gasteiger charge is -2.36. The average molecular weight is 417 g/mol. The summed E-state index contributed by atoms with van der Waals surface area (Å²) in [4.78, 5) is 14.5. The first kappa shape index (κ1) is 18.8. The number of alkyl carbamates (subject to hydrolysis) is 1. The van der Waals surface area contributed by atoms with E-state index in [2.05, 4.69) is 52.1 Å². The Bertz CT molecular complexity index is 741. The van der Waals surface area contributed by atoms with Gasteiger partial charge in [0, 0.05) is 29.3 Å². The highest BCUT2D eigenvalue weighted by atomic mass is 79.9. The molecule has 26 heavy (non-hydrogen) atoms. The number of anilines is 1. The molecule has 2 aromatic carbocycles. The second-order valence-electron chi connectivity index (χ2n) is 6.88. The van der Waals surface area contributed by atoms with Gasteiger partial charge in [-0.3, -0.25) is 0 Å². The summed E-state index contributed by atoms with van der Waals surface area (Å²) in [6, 6.07) is 14.1. The van der Waals surface area contributed by atoms with E-state index in [1.807, 2.05) is 30.3 Å². The van der Waals surface area contributed by atoms with Gasteiger partial charge in [-0.2, -0.15) is 0 Å². The van der Waals surface area contributed by atoms with Gasteiger partial charge >= 0.3 is 6.09 Å². The summed E-state index contributed by atoms with van der Waals surface area (Å²) in [5, 5.41) is 3.03. The smallest absolute Gasteiger partial charge is 0.407 e. The Morgan fingerprint density at radius 2 is 1.92 bits per heavy atom. The van der Waals surface area contributed by atoms with Gasteiger partial charge in [-0.15, -0.1) is 0 Å². The predicted molar refractivity (Wildman–Crippen MR) is 109 cm³/mol. The van der Waals surface area contributed by atoms with E-state index in [1.165, 1.54) is 16.8 Å². The number of halogens is 1. The van der Waals surface area contributed by atoms with Crippen molar-refractivity contribution < 1.29 is 9.53 Å². The van der Waals surface area contributed by atoms with Crippen molar-refractivity contribution in [3.63, 3.8) is 0 Å². The molecule has 1 aliphatic rings. The molecular formula is C21H25BrN2O2. The van der Waals surface area contributed by atoms with Gasteiger partial charge in [-0.1, -0.05) is 46.3 Å². The minimum absolute atomic E-state index is 0.106. The number of amides is 1. The Labute approximate surface area is 163 Å². The fourth-order valence-corrected chi connectivity index (χ4v) is 4.32. The van der Waals surface area contributed by atoms with Gasteiger partial charge in [0.1, 0.15) is 6.61 Å². The molecule has 0 aliphatic carbocycles. The van der Waals surface area contributed by atoms with Crippen LogP contribution >= 0.6 is 15.9 Å². The fraction of sp³-hybridized carbons (Fsp3) is 0.381. The lowest BCUT2D eigenvalue weighted by atomic mass is 10.0. The van der Waals surface area contributed by atoms with E-state index in [-0.39, 0.29) is 12.1 Å². The first-order valence-corrected chi connectivity index (χ1v) is 9.81. The molecule has 1 amide bonds. The molecule has 1 atom stereocenters. The number of hydrogen-bond donors (Lipinski definition) is 1. The zero-order valence-corrected chi connectivity index (χ0v) is 16.9. The summed E-state index contributed by atoms with van der Waals surface area (Å²) < 4.78 is 6.46. The second kappa shape index (κ2) is 8.58. The molecule has 0 bridgehead atoms. The van der Waals surface area contributed by atoms with Crippen molar-refractivity contribution in [2.75, 3.05) is 18.0 Å². The van der Waals surface area contributed by atoms with E-state index in [4.69, 9.17) is 4.74 Å². The van der Waals surface area contributed by atoms with Gasteiger partial charge in [-0.25, -0.2) is 4.79 Å². The Morgan fingerprint density at radius 1 is 1.23 bits per heavy atom. The summed E-state index contributed by atoms with van der Waals surface area (Å²) in [6.45, 7) is 6.40. The maximum Gasteiger partial charge on any atom is 0.407 e. The molecule has 1 fully saturated rings. The summed E-state index contributed by atoms with van der Waals surface area (Å²) in [5.41, 5.74) is 4.78. The monoisotopic (exact) mass is 416 g/mol. The third-order valence-corrected chi connectivity index (χ3v) is 5.19. The highest BCUT2D eigenvalue weighted by Crippen LogP contribution is 2.30. The van der Waals surface area contributed by atoms with Gasteiger partial charge < -0.3 is 15.0 Å². The van der Waals surface area contributed by atoms with Crippen molar-refractivity contribution in [3.05, 3.63) is 63.6 Å². The van der Waals surface area contributed by atoms with Crippen molar-refractivity contribution in [3.8, 4) is 0 Å². The van der Waals surface area contributed by atoms with Crippen molar-refractivity contribution in [2.24, 2.45) is 0 Å².